The summed E-state index contributed by atoms with van der Waals surface area (Å²) in [7, 11) is 0. The van der Waals surface area contributed by atoms with E-state index in [4.69, 9.17) is 4.42 Å². The highest BCUT2D eigenvalue weighted by Crippen LogP contribution is 2.19. The van der Waals surface area contributed by atoms with Gasteiger partial charge in [0.25, 0.3) is 0 Å². The molecule has 2 aromatic rings. The van der Waals surface area contributed by atoms with Crippen molar-refractivity contribution >= 4 is 17.0 Å². The Balaban J connectivity index is 2.35. The third-order valence-electron chi connectivity index (χ3n) is 2.01. The molecule has 0 aliphatic heterocycles. The number of rotatable bonds is 2. The lowest BCUT2D eigenvalue weighted by Crippen LogP contribution is -1.57. The maximum Gasteiger partial charge on any atom is 0.134 e. The first-order chi connectivity index (χ1) is 6.90. The molecule has 0 spiro atoms. The third kappa shape index (κ3) is 1.77. The lowest BCUT2D eigenvalue weighted by atomic mass is 10.2. The molecule has 0 aliphatic rings. The van der Waals surface area contributed by atoms with Crippen molar-refractivity contribution in [2.75, 3.05) is 0 Å². The first kappa shape index (κ1) is 8.82. The fourth-order valence-electron chi connectivity index (χ4n) is 1.35. The minimum atomic E-state index is 0.893. The number of hydrogen-bond donors (Lipinski definition) is 0. The highest BCUT2D eigenvalue weighted by Gasteiger charge is 1.97. The zero-order valence-electron chi connectivity index (χ0n) is 8.10. The van der Waals surface area contributed by atoms with Crippen LogP contribution in [0.15, 0.2) is 53.0 Å². The van der Waals surface area contributed by atoms with Crippen LogP contribution in [0.4, 0.5) is 0 Å². The number of furan rings is 1. The lowest BCUT2D eigenvalue weighted by Gasteiger charge is -1.83. The van der Waals surface area contributed by atoms with Crippen molar-refractivity contribution in [3.63, 3.8) is 0 Å². The molecule has 0 aliphatic carbocycles. The van der Waals surface area contributed by atoms with E-state index >= 15 is 0 Å². The predicted octanol–water partition coefficient (Wildman–Crippen LogP) is 4.02. The molecule has 1 aromatic carbocycles. The molecule has 0 unspecified atom stereocenters. The van der Waals surface area contributed by atoms with Gasteiger partial charge in [0.05, 0.1) is 0 Å². The van der Waals surface area contributed by atoms with Crippen LogP contribution in [0.25, 0.3) is 17.0 Å². The maximum absolute atomic E-state index is 5.59. The molecule has 0 radical (unpaired) electrons. The lowest BCUT2D eigenvalue weighted by molar-refractivity contribution is 0.604. The highest BCUT2D eigenvalue weighted by molar-refractivity contribution is 5.79. The van der Waals surface area contributed by atoms with E-state index in [0.717, 1.165) is 16.7 Å². The first-order valence-corrected chi connectivity index (χ1v) is 4.68. The fourth-order valence-corrected chi connectivity index (χ4v) is 1.35. The van der Waals surface area contributed by atoms with Gasteiger partial charge in [-0.15, -0.1) is 0 Å². The van der Waals surface area contributed by atoms with E-state index in [9.17, 15) is 0 Å². The van der Waals surface area contributed by atoms with Crippen molar-refractivity contribution in [3.8, 4) is 0 Å². The fraction of sp³-hybridized carbons (Fsp3) is 0.0769. The number of hydrogen-bond acceptors (Lipinski definition) is 1. The van der Waals surface area contributed by atoms with Crippen molar-refractivity contribution < 1.29 is 4.42 Å². The summed E-state index contributed by atoms with van der Waals surface area (Å²) in [5.74, 6) is 0.893. The smallest absolute Gasteiger partial charge is 0.134 e. The van der Waals surface area contributed by atoms with Crippen molar-refractivity contribution in [2.24, 2.45) is 0 Å². The van der Waals surface area contributed by atoms with E-state index in [1.54, 1.807) is 0 Å². The Morgan fingerprint density at radius 1 is 1.14 bits per heavy atom. The molecule has 0 fully saturated rings. The summed E-state index contributed by atoms with van der Waals surface area (Å²) in [6.45, 7) is 1.99. The van der Waals surface area contributed by atoms with E-state index in [1.165, 1.54) is 0 Å². The Labute approximate surface area is 83.4 Å². The van der Waals surface area contributed by atoms with Crippen LogP contribution in [0.1, 0.15) is 12.7 Å². The second-order valence-corrected chi connectivity index (χ2v) is 3.07. The van der Waals surface area contributed by atoms with Crippen LogP contribution < -0.4 is 0 Å². The summed E-state index contributed by atoms with van der Waals surface area (Å²) >= 11 is 0. The average molecular weight is 184 g/mol. The van der Waals surface area contributed by atoms with Gasteiger partial charge < -0.3 is 4.42 Å². The van der Waals surface area contributed by atoms with Gasteiger partial charge in [-0.3, -0.25) is 0 Å². The molecule has 1 heterocycles. The van der Waals surface area contributed by atoms with E-state index < -0.39 is 0 Å². The van der Waals surface area contributed by atoms with Crippen LogP contribution in [0, 0.1) is 0 Å². The van der Waals surface area contributed by atoms with E-state index in [0.29, 0.717) is 0 Å². The minimum absolute atomic E-state index is 0.893. The normalized spacial score (nSPS) is 12.1. The van der Waals surface area contributed by atoms with Gasteiger partial charge in [0.1, 0.15) is 11.3 Å². The SMILES string of the molecule is C/C=C/C=C/c1cc2ccccc2o1. The number of para-hydroxylation sites is 1. The van der Waals surface area contributed by atoms with Crippen LogP contribution in [-0.4, -0.2) is 0 Å². The summed E-state index contributed by atoms with van der Waals surface area (Å²) in [5.41, 5.74) is 0.938. The van der Waals surface area contributed by atoms with Gasteiger partial charge in [-0.05, 0) is 25.1 Å². The van der Waals surface area contributed by atoms with Gasteiger partial charge in [-0.25, -0.2) is 0 Å². The van der Waals surface area contributed by atoms with Crippen molar-refractivity contribution in [3.05, 3.63) is 54.3 Å². The molecular formula is C13H12O. The Bertz CT molecular complexity index is 442. The standard InChI is InChI=1S/C13H12O/c1-2-3-4-8-12-10-11-7-5-6-9-13(11)14-12/h2-10H,1H3/b3-2+,8-4+. The van der Waals surface area contributed by atoms with Gasteiger partial charge in [0, 0.05) is 5.39 Å². The predicted molar refractivity (Wildman–Crippen MR) is 60.1 cm³/mol. The Morgan fingerprint density at radius 3 is 2.79 bits per heavy atom. The van der Waals surface area contributed by atoms with Crippen LogP contribution in [-0.2, 0) is 0 Å². The molecule has 0 saturated heterocycles. The maximum atomic E-state index is 5.59. The zero-order valence-corrected chi connectivity index (χ0v) is 8.10. The molecule has 0 saturated carbocycles. The zero-order chi connectivity index (χ0) is 9.80. The second-order valence-electron chi connectivity index (χ2n) is 3.07. The van der Waals surface area contributed by atoms with Gasteiger partial charge in [0.15, 0.2) is 0 Å². The Kier molecular flexibility index (Phi) is 2.50. The van der Waals surface area contributed by atoms with Crippen LogP contribution in [0.3, 0.4) is 0 Å². The van der Waals surface area contributed by atoms with E-state index in [1.807, 2.05) is 61.6 Å². The van der Waals surface area contributed by atoms with Crippen LogP contribution in [0.5, 0.6) is 0 Å². The molecule has 1 heteroatoms. The summed E-state index contributed by atoms with van der Waals surface area (Å²) in [4.78, 5) is 0. The Morgan fingerprint density at radius 2 is 2.00 bits per heavy atom. The van der Waals surface area contributed by atoms with Gasteiger partial charge in [-0.2, -0.15) is 0 Å². The largest absolute Gasteiger partial charge is 0.457 e. The Hall–Kier alpha value is -1.76. The molecule has 70 valence electrons. The molecule has 0 amide bonds. The molecule has 1 nitrogen and oxygen atoms in total. The summed E-state index contributed by atoms with van der Waals surface area (Å²) in [6.07, 6.45) is 7.89. The summed E-state index contributed by atoms with van der Waals surface area (Å²) < 4.78 is 5.59. The minimum Gasteiger partial charge on any atom is -0.457 e. The third-order valence-corrected chi connectivity index (χ3v) is 2.01. The molecule has 14 heavy (non-hydrogen) atoms. The van der Waals surface area contributed by atoms with E-state index in [-0.39, 0.29) is 0 Å². The topological polar surface area (TPSA) is 13.1 Å². The quantitative estimate of drug-likeness (QED) is 0.642. The monoisotopic (exact) mass is 184 g/mol. The molecule has 0 bridgehead atoms. The number of fused-ring (bicyclic) bond motifs is 1. The first-order valence-electron chi connectivity index (χ1n) is 4.68. The van der Waals surface area contributed by atoms with Crippen LogP contribution in [0.2, 0.25) is 0 Å². The van der Waals surface area contributed by atoms with Crippen molar-refractivity contribution in [2.45, 2.75) is 6.92 Å². The average Bonchev–Trinajstić information content (AvgIpc) is 2.60. The van der Waals surface area contributed by atoms with Crippen molar-refractivity contribution in [1.82, 2.24) is 0 Å². The van der Waals surface area contributed by atoms with Gasteiger partial charge in [0.2, 0.25) is 0 Å². The van der Waals surface area contributed by atoms with Crippen LogP contribution >= 0.6 is 0 Å². The van der Waals surface area contributed by atoms with Gasteiger partial charge >= 0.3 is 0 Å². The molecule has 0 N–H and O–H groups in total. The van der Waals surface area contributed by atoms with Crippen molar-refractivity contribution in [1.29, 1.82) is 0 Å². The number of allylic oxidation sites excluding steroid dienone is 3. The molecular weight excluding hydrogens is 172 g/mol. The highest BCUT2D eigenvalue weighted by atomic mass is 16.3. The second kappa shape index (κ2) is 3.97. The molecule has 0 atom stereocenters. The molecule has 2 rings (SSSR count). The summed E-state index contributed by atoms with van der Waals surface area (Å²) in [6, 6.07) is 10.0. The van der Waals surface area contributed by atoms with E-state index in [2.05, 4.69) is 0 Å². The summed E-state index contributed by atoms with van der Waals surface area (Å²) in [5, 5.41) is 1.15. The number of benzene rings is 1. The van der Waals surface area contributed by atoms with Gasteiger partial charge in [-0.1, -0.05) is 36.4 Å². The molecule has 1 aromatic heterocycles.